The van der Waals surface area contributed by atoms with Crippen LogP contribution in [0.25, 0.3) is 11.0 Å². The smallest absolute Gasteiger partial charge is 0.289 e. The van der Waals surface area contributed by atoms with E-state index in [0.29, 0.717) is 16.2 Å². The number of benzene rings is 2. The Labute approximate surface area is 172 Å². The molecule has 152 valence electrons. The Kier molecular flexibility index (Phi) is 5.10. The van der Waals surface area contributed by atoms with Gasteiger partial charge in [-0.3, -0.25) is 4.79 Å². The molecule has 1 aliphatic rings. The van der Waals surface area contributed by atoms with Gasteiger partial charge in [0.05, 0.1) is 5.02 Å². The molecule has 6 nitrogen and oxygen atoms in total. The quantitative estimate of drug-likeness (QED) is 0.628. The molecule has 29 heavy (non-hydrogen) atoms. The zero-order valence-electron chi connectivity index (χ0n) is 15.6. The van der Waals surface area contributed by atoms with E-state index in [1.807, 2.05) is 6.07 Å². The minimum Gasteiger partial charge on any atom is -0.449 e. The second kappa shape index (κ2) is 7.44. The summed E-state index contributed by atoms with van der Waals surface area (Å²) in [6, 6.07) is 10.6. The molecular weight excluding hydrogens is 419 g/mol. The molecule has 2 heterocycles. The van der Waals surface area contributed by atoms with E-state index < -0.39 is 15.8 Å². The molecule has 1 saturated heterocycles. The number of hydrogen-bond donors (Lipinski definition) is 0. The van der Waals surface area contributed by atoms with Crippen molar-refractivity contribution < 1.29 is 22.0 Å². The molecule has 2 aromatic carbocycles. The highest BCUT2D eigenvalue weighted by atomic mass is 35.5. The van der Waals surface area contributed by atoms with Crippen LogP contribution in [-0.2, 0) is 10.0 Å². The Morgan fingerprint density at radius 2 is 1.76 bits per heavy atom. The number of nitrogens with zero attached hydrogens (tertiary/aromatic N) is 2. The molecule has 0 bridgehead atoms. The number of fused-ring (bicyclic) bond motifs is 1. The highest BCUT2D eigenvalue weighted by Gasteiger charge is 2.33. The van der Waals surface area contributed by atoms with Crippen molar-refractivity contribution in [1.82, 2.24) is 9.21 Å². The van der Waals surface area contributed by atoms with Crippen LogP contribution in [0.1, 0.15) is 16.1 Å². The summed E-state index contributed by atoms with van der Waals surface area (Å²) in [5.41, 5.74) is 1.14. The van der Waals surface area contributed by atoms with Gasteiger partial charge in [-0.25, -0.2) is 12.8 Å². The minimum atomic E-state index is -3.96. The lowest BCUT2D eigenvalue weighted by Crippen LogP contribution is -2.50. The van der Waals surface area contributed by atoms with E-state index >= 15 is 0 Å². The van der Waals surface area contributed by atoms with Crippen LogP contribution < -0.4 is 0 Å². The van der Waals surface area contributed by atoms with E-state index in [-0.39, 0.29) is 42.7 Å². The van der Waals surface area contributed by atoms with Crippen molar-refractivity contribution in [3.05, 3.63) is 64.6 Å². The maximum Gasteiger partial charge on any atom is 0.289 e. The van der Waals surface area contributed by atoms with Crippen molar-refractivity contribution in [3.8, 4) is 0 Å². The fourth-order valence-electron chi connectivity index (χ4n) is 3.48. The van der Waals surface area contributed by atoms with Crippen molar-refractivity contribution >= 4 is 38.5 Å². The van der Waals surface area contributed by atoms with Crippen molar-refractivity contribution in [3.63, 3.8) is 0 Å². The molecule has 3 aromatic rings. The average Bonchev–Trinajstić information content (AvgIpc) is 3.06. The first-order chi connectivity index (χ1) is 13.8. The number of piperazine rings is 1. The zero-order valence-corrected chi connectivity index (χ0v) is 17.1. The van der Waals surface area contributed by atoms with Crippen LogP contribution in [0.15, 0.2) is 51.8 Å². The van der Waals surface area contributed by atoms with Crippen LogP contribution in [0.5, 0.6) is 0 Å². The Bertz CT molecular complexity index is 1200. The summed E-state index contributed by atoms with van der Waals surface area (Å²) in [6.07, 6.45) is 0. The highest BCUT2D eigenvalue weighted by Crippen LogP contribution is 2.31. The zero-order chi connectivity index (χ0) is 20.8. The van der Waals surface area contributed by atoms with Crippen LogP contribution >= 0.6 is 11.6 Å². The molecule has 9 heteroatoms. The Balaban J connectivity index is 1.53. The normalized spacial score (nSPS) is 15.8. The largest absolute Gasteiger partial charge is 0.449 e. The predicted octanol–water partition coefficient (Wildman–Crippen LogP) is 3.68. The van der Waals surface area contributed by atoms with Gasteiger partial charge < -0.3 is 9.32 Å². The fraction of sp³-hybridized carbons (Fsp3) is 0.250. The maximum absolute atomic E-state index is 14.0. The molecule has 1 fully saturated rings. The summed E-state index contributed by atoms with van der Waals surface area (Å²) in [5, 5.41) is 1.19. The first kappa shape index (κ1) is 19.9. The summed E-state index contributed by atoms with van der Waals surface area (Å²) >= 11 is 6.15. The lowest BCUT2D eigenvalue weighted by atomic mass is 10.1. The van der Waals surface area contributed by atoms with Crippen LogP contribution in [0.4, 0.5) is 4.39 Å². The van der Waals surface area contributed by atoms with Crippen molar-refractivity contribution in [2.45, 2.75) is 11.8 Å². The number of furan rings is 1. The highest BCUT2D eigenvalue weighted by molar-refractivity contribution is 7.89. The molecule has 0 aliphatic carbocycles. The third kappa shape index (κ3) is 3.41. The number of rotatable bonds is 3. The van der Waals surface area contributed by atoms with Gasteiger partial charge in [0.2, 0.25) is 10.0 Å². The molecule has 0 atom stereocenters. The van der Waals surface area contributed by atoms with E-state index in [9.17, 15) is 17.6 Å². The van der Waals surface area contributed by atoms with Crippen molar-refractivity contribution in [2.75, 3.05) is 26.2 Å². The van der Waals surface area contributed by atoms with Crippen LogP contribution in [0.3, 0.4) is 0 Å². The standard InChI is InChI=1S/C20H18ClFN2O4S/c1-13-14-5-4-6-15(21)19(14)28-18(13)20(25)23-9-11-24(12-10-23)29(26,27)17-8-3-2-7-16(17)22/h2-8H,9-12H2,1H3. The van der Waals surface area contributed by atoms with Crippen molar-refractivity contribution in [2.24, 2.45) is 0 Å². The third-order valence-corrected chi connectivity index (χ3v) is 7.32. The number of hydrogen-bond acceptors (Lipinski definition) is 4. The third-order valence-electron chi connectivity index (χ3n) is 5.09. The van der Waals surface area contributed by atoms with Crippen LogP contribution in [-0.4, -0.2) is 49.7 Å². The Hall–Kier alpha value is -2.42. The van der Waals surface area contributed by atoms with E-state index in [4.69, 9.17) is 16.0 Å². The molecular formula is C20H18ClFN2O4S. The number of sulfonamides is 1. The first-order valence-corrected chi connectivity index (χ1v) is 10.8. The number of amides is 1. The van der Waals surface area contributed by atoms with Gasteiger partial charge in [0, 0.05) is 37.1 Å². The maximum atomic E-state index is 14.0. The lowest BCUT2D eigenvalue weighted by Gasteiger charge is -2.33. The second-order valence-electron chi connectivity index (χ2n) is 6.80. The SMILES string of the molecule is Cc1c(C(=O)N2CCN(S(=O)(=O)c3ccccc3F)CC2)oc2c(Cl)cccc12. The number of para-hydroxylation sites is 1. The molecule has 0 unspecified atom stereocenters. The average molecular weight is 437 g/mol. The Morgan fingerprint density at radius 1 is 1.07 bits per heavy atom. The summed E-state index contributed by atoms with van der Waals surface area (Å²) in [7, 11) is -3.96. The molecule has 1 amide bonds. The first-order valence-electron chi connectivity index (χ1n) is 9.02. The van der Waals surface area contributed by atoms with E-state index in [0.717, 1.165) is 11.5 Å². The van der Waals surface area contributed by atoms with Crippen molar-refractivity contribution in [1.29, 1.82) is 0 Å². The predicted molar refractivity (Wildman–Crippen MR) is 107 cm³/mol. The second-order valence-corrected chi connectivity index (χ2v) is 9.11. The van der Waals surface area contributed by atoms with Gasteiger partial charge in [-0.05, 0) is 25.1 Å². The minimum absolute atomic E-state index is 0.0719. The van der Waals surface area contributed by atoms with E-state index in [2.05, 4.69) is 0 Å². The lowest BCUT2D eigenvalue weighted by molar-refractivity contribution is 0.0667. The van der Waals surface area contributed by atoms with E-state index in [1.54, 1.807) is 19.1 Å². The summed E-state index contributed by atoms with van der Waals surface area (Å²) in [4.78, 5) is 14.1. The monoisotopic (exact) mass is 436 g/mol. The van der Waals surface area contributed by atoms with Gasteiger partial charge in [0.15, 0.2) is 11.3 Å². The molecule has 0 radical (unpaired) electrons. The number of carbonyl (C=O) groups is 1. The van der Waals surface area contributed by atoms with E-state index in [1.165, 1.54) is 27.4 Å². The van der Waals surface area contributed by atoms with Gasteiger partial charge in [0.1, 0.15) is 10.7 Å². The molecule has 1 aliphatic heterocycles. The summed E-state index contributed by atoms with van der Waals surface area (Å²) < 4.78 is 46.3. The Morgan fingerprint density at radius 3 is 2.41 bits per heavy atom. The van der Waals surface area contributed by atoms with Gasteiger partial charge in [0.25, 0.3) is 5.91 Å². The number of halogens is 2. The van der Waals surface area contributed by atoms with Gasteiger partial charge in [-0.1, -0.05) is 35.9 Å². The summed E-state index contributed by atoms with van der Waals surface area (Å²) in [5.74, 6) is -0.919. The molecule has 0 spiro atoms. The molecule has 0 N–H and O–H groups in total. The van der Waals surface area contributed by atoms with Crippen LogP contribution in [0.2, 0.25) is 5.02 Å². The van der Waals surface area contributed by atoms with Gasteiger partial charge >= 0.3 is 0 Å². The molecule has 4 rings (SSSR count). The molecule has 1 aromatic heterocycles. The fourth-order valence-corrected chi connectivity index (χ4v) is 5.18. The van der Waals surface area contributed by atoms with Crippen LogP contribution in [0, 0.1) is 12.7 Å². The number of aryl methyl sites for hydroxylation is 1. The van der Waals surface area contributed by atoms with Gasteiger partial charge in [-0.2, -0.15) is 4.31 Å². The van der Waals surface area contributed by atoms with Gasteiger partial charge in [-0.15, -0.1) is 0 Å². The topological polar surface area (TPSA) is 70.8 Å². The summed E-state index contributed by atoms with van der Waals surface area (Å²) in [6.45, 7) is 2.28. The number of carbonyl (C=O) groups excluding carboxylic acids is 1. The molecule has 0 saturated carbocycles.